The lowest BCUT2D eigenvalue weighted by Gasteiger charge is -2.07. The van der Waals surface area contributed by atoms with Gasteiger partial charge in [0.25, 0.3) is 11.8 Å². The Labute approximate surface area is 147 Å². The van der Waals surface area contributed by atoms with Crippen LogP contribution >= 0.6 is 27.3 Å². The first-order valence-electron chi connectivity index (χ1n) is 7.62. The molecule has 1 heterocycles. The highest BCUT2D eigenvalue weighted by molar-refractivity contribution is 9.10. The fourth-order valence-corrected chi connectivity index (χ4v) is 4.28. The maximum absolute atomic E-state index is 12.2. The van der Waals surface area contributed by atoms with Gasteiger partial charge in [0.2, 0.25) is 0 Å². The first-order chi connectivity index (χ1) is 11.1. The van der Waals surface area contributed by atoms with Gasteiger partial charge in [0.1, 0.15) is 0 Å². The Morgan fingerprint density at radius 1 is 1.00 bits per heavy atom. The zero-order valence-electron chi connectivity index (χ0n) is 12.5. The van der Waals surface area contributed by atoms with Crippen LogP contribution in [0.4, 0.5) is 0 Å². The summed E-state index contributed by atoms with van der Waals surface area (Å²) < 4.78 is 0.689. The zero-order chi connectivity index (χ0) is 16.2. The Morgan fingerprint density at radius 3 is 2.57 bits per heavy atom. The lowest BCUT2D eigenvalue weighted by atomic mass is 10.1. The predicted molar refractivity (Wildman–Crippen MR) is 94.7 cm³/mol. The van der Waals surface area contributed by atoms with Gasteiger partial charge in [0.05, 0.1) is 10.4 Å². The van der Waals surface area contributed by atoms with E-state index in [-0.39, 0.29) is 11.8 Å². The first-order valence-corrected chi connectivity index (χ1v) is 9.23. The van der Waals surface area contributed by atoms with Gasteiger partial charge in [-0.05, 0) is 65.4 Å². The molecule has 6 heteroatoms. The average molecular weight is 393 g/mol. The molecule has 0 unspecified atom stereocenters. The number of carbonyl (C=O) groups excluding carboxylic acids is 2. The maximum atomic E-state index is 12.2. The molecule has 0 saturated carbocycles. The quantitative estimate of drug-likeness (QED) is 0.602. The van der Waals surface area contributed by atoms with E-state index in [9.17, 15) is 9.59 Å². The molecule has 0 spiro atoms. The Bertz CT molecular complexity index is 718. The van der Waals surface area contributed by atoms with E-state index < -0.39 is 0 Å². The lowest BCUT2D eigenvalue weighted by Crippen LogP contribution is -2.41. The van der Waals surface area contributed by atoms with Gasteiger partial charge in [-0.15, -0.1) is 11.3 Å². The van der Waals surface area contributed by atoms with Crippen molar-refractivity contribution in [3.05, 3.63) is 55.7 Å². The van der Waals surface area contributed by atoms with E-state index in [4.69, 9.17) is 0 Å². The van der Waals surface area contributed by atoms with Gasteiger partial charge in [0, 0.05) is 9.35 Å². The van der Waals surface area contributed by atoms with Crippen molar-refractivity contribution in [2.24, 2.45) is 0 Å². The summed E-state index contributed by atoms with van der Waals surface area (Å²) in [6.45, 7) is 0. The molecule has 0 saturated heterocycles. The summed E-state index contributed by atoms with van der Waals surface area (Å²) in [6, 6.07) is 9.05. The third kappa shape index (κ3) is 3.82. The van der Waals surface area contributed by atoms with E-state index in [2.05, 4.69) is 26.8 Å². The number of hydrogen-bond donors (Lipinski definition) is 2. The van der Waals surface area contributed by atoms with Crippen LogP contribution in [0.3, 0.4) is 0 Å². The van der Waals surface area contributed by atoms with Crippen molar-refractivity contribution >= 4 is 39.1 Å². The van der Waals surface area contributed by atoms with Gasteiger partial charge in [-0.2, -0.15) is 0 Å². The second kappa shape index (κ2) is 7.27. The Balaban J connectivity index is 1.64. The molecule has 1 aliphatic rings. The third-order valence-corrected chi connectivity index (χ3v) is 5.81. The summed E-state index contributed by atoms with van der Waals surface area (Å²) >= 11 is 4.86. The fourth-order valence-electron chi connectivity index (χ4n) is 2.67. The molecule has 1 aromatic heterocycles. The van der Waals surface area contributed by atoms with Gasteiger partial charge < -0.3 is 0 Å². The minimum atomic E-state index is -0.344. The molecule has 2 amide bonds. The minimum absolute atomic E-state index is 0.261. The summed E-state index contributed by atoms with van der Waals surface area (Å²) in [5.41, 5.74) is 6.74. The number of benzene rings is 1. The number of nitrogens with one attached hydrogen (secondary N) is 2. The number of aryl methyl sites for hydroxylation is 2. The number of thiophene rings is 1. The summed E-state index contributed by atoms with van der Waals surface area (Å²) in [5.74, 6) is -0.604. The first kappa shape index (κ1) is 16.2. The van der Waals surface area contributed by atoms with E-state index in [0.29, 0.717) is 14.9 Å². The molecule has 3 rings (SSSR count). The van der Waals surface area contributed by atoms with Crippen molar-refractivity contribution in [3.8, 4) is 0 Å². The minimum Gasteiger partial charge on any atom is -0.267 e. The summed E-state index contributed by atoms with van der Waals surface area (Å²) in [4.78, 5) is 26.3. The van der Waals surface area contributed by atoms with Crippen LogP contribution in [0.2, 0.25) is 0 Å². The molecule has 0 atom stereocenters. The predicted octanol–water partition coefficient (Wildman–Crippen LogP) is 3.85. The molecule has 0 radical (unpaired) electrons. The van der Waals surface area contributed by atoms with Gasteiger partial charge >= 0.3 is 0 Å². The van der Waals surface area contributed by atoms with E-state index in [1.165, 1.54) is 41.0 Å². The molecule has 0 aliphatic heterocycles. The zero-order valence-corrected chi connectivity index (χ0v) is 14.9. The number of hydrogen-bond acceptors (Lipinski definition) is 3. The number of amides is 2. The van der Waals surface area contributed by atoms with E-state index in [0.717, 1.165) is 12.8 Å². The lowest BCUT2D eigenvalue weighted by molar-refractivity contribution is 0.0848. The highest BCUT2D eigenvalue weighted by atomic mass is 79.9. The van der Waals surface area contributed by atoms with Gasteiger partial charge in [0.15, 0.2) is 0 Å². The molecular formula is C17H17BrN2O2S. The number of hydrazine groups is 1. The Hall–Kier alpha value is -1.66. The SMILES string of the molecule is O=C(NNC(=O)c1ccccc1Br)c1cc2c(s1)CCCCC2. The maximum Gasteiger partial charge on any atom is 0.279 e. The van der Waals surface area contributed by atoms with Crippen molar-refractivity contribution in [2.45, 2.75) is 32.1 Å². The number of carbonyl (C=O) groups is 2. The highest BCUT2D eigenvalue weighted by Gasteiger charge is 2.17. The van der Waals surface area contributed by atoms with Crippen LogP contribution in [-0.4, -0.2) is 11.8 Å². The monoisotopic (exact) mass is 392 g/mol. The van der Waals surface area contributed by atoms with Crippen LogP contribution in [0.5, 0.6) is 0 Å². The summed E-state index contributed by atoms with van der Waals surface area (Å²) in [5, 5.41) is 0. The van der Waals surface area contributed by atoms with Gasteiger partial charge in [-0.3, -0.25) is 20.4 Å². The van der Waals surface area contributed by atoms with Crippen LogP contribution in [0.15, 0.2) is 34.8 Å². The molecule has 4 nitrogen and oxygen atoms in total. The Morgan fingerprint density at radius 2 is 1.74 bits per heavy atom. The molecule has 0 bridgehead atoms. The number of fused-ring (bicyclic) bond motifs is 1. The molecular weight excluding hydrogens is 376 g/mol. The van der Waals surface area contributed by atoms with E-state index >= 15 is 0 Å². The summed E-state index contributed by atoms with van der Waals surface area (Å²) in [7, 11) is 0. The van der Waals surface area contributed by atoms with Crippen molar-refractivity contribution in [1.82, 2.24) is 10.9 Å². The van der Waals surface area contributed by atoms with Crippen molar-refractivity contribution in [2.75, 3.05) is 0 Å². The van der Waals surface area contributed by atoms with E-state index in [1.54, 1.807) is 18.2 Å². The molecule has 23 heavy (non-hydrogen) atoms. The largest absolute Gasteiger partial charge is 0.279 e. The van der Waals surface area contributed by atoms with Crippen LogP contribution < -0.4 is 10.9 Å². The van der Waals surface area contributed by atoms with Crippen molar-refractivity contribution in [1.29, 1.82) is 0 Å². The van der Waals surface area contributed by atoms with Crippen LogP contribution in [0.1, 0.15) is 49.7 Å². The third-order valence-electron chi connectivity index (χ3n) is 3.88. The second-order valence-electron chi connectivity index (χ2n) is 5.51. The molecule has 0 fully saturated rings. The molecule has 1 aliphatic carbocycles. The smallest absolute Gasteiger partial charge is 0.267 e. The fraction of sp³-hybridized carbons (Fsp3) is 0.294. The Kier molecular flexibility index (Phi) is 5.13. The molecule has 2 aromatic rings. The van der Waals surface area contributed by atoms with Gasteiger partial charge in [-0.1, -0.05) is 18.6 Å². The van der Waals surface area contributed by atoms with Crippen LogP contribution in [0.25, 0.3) is 0 Å². The van der Waals surface area contributed by atoms with E-state index in [1.807, 2.05) is 12.1 Å². The number of halogens is 1. The molecule has 1 aromatic carbocycles. The average Bonchev–Trinajstić information content (AvgIpc) is 2.84. The van der Waals surface area contributed by atoms with Gasteiger partial charge in [-0.25, -0.2) is 0 Å². The van der Waals surface area contributed by atoms with Crippen LogP contribution in [-0.2, 0) is 12.8 Å². The van der Waals surface area contributed by atoms with Crippen molar-refractivity contribution in [3.63, 3.8) is 0 Å². The molecule has 120 valence electrons. The topological polar surface area (TPSA) is 58.2 Å². The second-order valence-corrected chi connectivity index (χ2v) is 7.50. The number of rotatable bonds is 2. The van der Waals surface area contributed by atoms with Crippen molar-refractivity contribution < 1.29 is 9.59 Å². The normalized spacial score (nSPS) is 13.8. The van der Waals surface area contributed by atoms with Crippen LogP contribution in [0, 0.1) is 0 Å². The summed E-state index contributed by atoms with van der Waals surface area (Å²) in [6.07, 6.45) is 5.72. The highest BCUT2D eigenvalue weighted by Crippen LogP contribution is 2.28. The standard InChI is InChI=1S/C17H17BrN2O2S/c18-13-8-5-4-7-12(13)16(21)19-20-17(22)15-10-11-6-2-1-3-9-14(11)23-15/h4-5,7-8,10H,1-3,6,9H2,(H,19,21)(H,20,22). The molecule has 2 N–H and O–H groups in total.